The van der Waals surface area contributed by atoms with Gasteiger partial charge >= 0.3 is 5.97 Å². The number of amides is 1. The van der Waals surface area contributed by atoms with E-state index in [1.165, 1.54) is 37.3 Å². The number of hydrogen-bond acceptors (Lipinski definition) is 3. The monoisotopic (exact) mass is 389 g/mol. The second-order valence-corrected chi connectivity index (χ2v) is 6.76. The molecule has 1 aliphatic rings. The first kappa shape index (κ1) is 19.8. The molecule has 28 heavy (non-hydrogen) atoms. The van der Waals surface area contributed by atoms with Crippen LogP contribution in [0.15, 0.2) is 36.4 Å². The van der Waals surface area contributed by atoms with Crippen LogP contribution in [-0.4, -0.2) is 41.1 Å². The molecule has 1 heterocycles. The maximum Gasteiger partial charge on any atom is 0.344 e. The summed E-state index contributed by atoms with van der Waals surface area (Å²) in [4.78, 5) is 25.2. The molecule has 0 unspecified atom stereocenters. The Bertz CT molecular complexity index is 894. The van der Waals surface area contributed by atoms with E-state index < -0.39 is 24.6 Å². The summed E-state index contributed by atoms with van der Waals surface area (Å²) in [5, 5.41) is 9.06. The second-order valence-electron chi connectivity index (χ2n) is 6.76. The Balaban J connectivity index is 1.96. The topological polar surface area (TPSA) is 66.8 Å². The van der Waals surface area contributed by atoms with E-state index in [0.29, 0.717) is 29.8 Å². The van der Waals surface area contributed by atoms with Crippen molar-refractivity contribution in [2.24, 2.45) is 0 Å². The molecule has 0 saturated carbocycles. The van der Waals surface area contributed by atoms with Crippen molar-refractivity contribution < 1.29 is 28.2 Å². The summed E-state index contributed by atoms with van der Waals surface area (Å²) in [5.41, 5.74) is 1.07. The number of carbonyl (C=O) groups excluding carboxylic acids is 1. The number of carboxylic acid groups (broad SMARTS) is 1. The van der Waals surface area contributed by atoms with Crippen LogP contribution in [0, 0.1) is 5.82 Å². The molecule has 0 aromatic heterocycles. The van der Waals surface area contributed by atoms with E-state index in [2.05, 4.69) is 0 Å². The molecule has 2 aromatic carbocycles. The van der Waals surface area contributed by atoms with Gasteiger partial charge in [-0.1, -0.05) is 12.1 Å². The number of likely N-dealkylation sites (tertiary alicyclic amines) is 1. The van der Waals surface area contributed by atoms with Crippen molar-refractivity contribution in [3.05, 3.63) is 53.3 Å². The highest BCUT2D eigenvalue weighted by Gasteiger charge is 2.23. The molecule has 2 aromatic rings. The minimum Gasteiger partial charge on any atom is -0.479 e. The number of benzene rings is 2. The number of nitrogens with zero attached hydrogens (tertiary/aromatic N) is 1. The van der Waals surface area contributed by atoms with Crippen molar-refractivity contribution in [3.63, 3.8) is 0 Å². The van der Waals surface area contributed by atoms with Crippen LogP contribution in [0.25, 0.3) is 11.1 Å². The first-order valence-electron chi connectivity index (χ1n) is 9.08. The Morgan fingerprint density at radius 2 is 1.89 bits per heavy atom. The number of carboxylic acids is 1. The molecule has 1 atom stereocenters. The number of rotatable bonds is 6. The molecule has 1 fully saturated rings. The molecule has 5 nitrogen and oxygen atoms in total. The summed E-state index contributed by atoms with van der Waals surface area (Å²) in [5.74, 6) is -1.99. The number of ether oxygens (including phenoxy) is 1. The lowest BCUT2D eigenvalue weighted by atomic mass is 10.00. The molecule has 7 heteroatoms. The highest BCUT2D eigenvalue weighted by atomic mass is 19.1. The molecule has 1 N–H and O–H groups in total. The fourth-order valence-corrected chi connectivity index (χ4v) is 3.18. The number of hydrogen-bond donors (Lipinski definition) is 1. The predicted octanol–water partition coefficient (Wildman–Crippen LogP) is 4.05. The van der Waals surface area contributed by atoms with Crippen LogP contribution in [0.3, 0.4) is 0 Å². The lowest BCUT2D eigenvalue weighted by Gasteiger charge is -2.18. The van der Waals surface area contributed by atoms with Gasteiger partial charge in [0.2, 0.25) is 0 Å². The van der Waals surface area contributed by atoms with Crippen LogP contribution in [0.2, 0.25) is 0 Å². The van der Waals surface area contributed by atoms with E-state index in [1.807, 2.05) is 0 Å². The van der Waals surface area contributed by atoms with Crippen molar-refractivity contribution in [2.45, 2.75) is 32.5 Å². The standard InChI is InChI=1S/C21H21F2NO4/c1-13(21(26)27)28-19-7-4-14(12-22)10-17(19)15-5-6-16(18(23)11-15)20(25)24-8-2-3-9-24/h4-7,10-11,13H,2-3,8-9,12H2,1H3,(H,26,27)/t13-/m0/s1. The average Bonchev–Trinajstić information content (AvgIpc) is 3.22. The van der Waals surface area contributed by atoms with E-state index in [4.69, 9.17) is 9.84 Å². The van der Waals surface area contributed by atoms with Gasteiger partial charge in [-0.3, -0.25) is 4.79 Å². The first-order valence-corrected chi connectivity index (χ1v) is 9.08. The highest BCUT2D eigenvalue weighted by Crippen LogP contribution is 2.33. The molecular weight excluding hydrogens is 368 g/mol. The Hall–Kier alpha value is -2.96. The van der Waals surface area contributed by atoms with Gasteiger partial charge in [-0.15, -0.1) is 0 Å². The van der Waals surface area contributed by atoms with Gasteiger partial charge in [0, 0.05) is 18.7 Å². The fourth-order valence-electron chi connectivity index (χ4n) is 3.18. The second kappa shape index (κ2) is 8.37. The van der Waals surface area contributed by atoms with Crippen molar-refractivity contribution in [2.75, 3.05) is 13.1 Å². The molecule has 1 amide bonds. The molecule has 0 spiro atoms. The summed E-state index contributed by atoms with van der Waals surface area (Å²) in [7, 11) is 0. The van der Waals surface area contributed by atoms with Crippen LogP contribution < -0.4 is 4.74 Å². The van der Waals surface area contributed by atoms with Crippen LogP contribution in [-0.2, 0) is 11.5 Å². The quantitative estimate of drug-likeness (QED) is 0.809. The van der Waals surface area contributed by atoms with Crippen LogP contribution >= 0.6 is 0 Å². The normalized spacial score (nSPS) is 14.8. The predicted molar refractivity (Wildman–Crippen MR) is 99.5 cm³/mol. The maximum absolute atomic E-state index is 14.7. The minimum absolute atomic E-state index is 0.0198. The fraction of sp³-hybridized carbons (Fsp3) is 0.333. The Kier molecular flexibility index (Phi) is 5.92. The van der Waals surface area contributed by atoms with Crippen molar-refractivity contribution in [1.82, 2.24) is 4.90 Å². The van der Waals surface area contributed by atoms with E-state index in [0.717, 1.165) is 12.8 Å². The molecule has 1 aliphatic heterocycles. The summed E-state index contributed by atoms with van der Waals surface area (Å²) >= 11 is 0. The molecule has 148 valence electrons. The largest absolute Gasteiger partial charge is 0.479 e. The third kappa shape index (κ3) is 4.13. The average molecular weight is 389 g/mol. The SMILES string of the molecule is C[C@H](Oc1ccc(CF)cc1-c1ccc(C(=O)N2CCCC2)c(F)c1)C(=O)O. The number of halogens is 2. The summed E-state index contributed by atoms with van der Waals surface area (Å²) < 4.78 is 33.2. The minimum atomic E-state index is -1.15. The van der Waals surface area contributed by atoms with E-state index in [-0.39, 0.29) is 17.2 Å². The van der Waals surface area contributed by atoms with Gasteiger partial charge in [-0.05, 0) is 55.2 Å². The van der Waals surface area contributed by atoms with Gasteiger partial charge in [-0.25, -0.2) is 13.6 Å². The zero-order chi connectivity index (χ0) is 20.3. The number of carbonyl (C=O) groups is 2. The Labute approximate surface area is 161 Å². The van der Waals surface area contributed by atoms with E-state index >= 15 is 0 Å². The van der Waals surface area contributed by atoms with Crippen LogP contribution in [0.4, 0.5) is 8.78 Å². The van der Waals surface area contributed by atoms with Crippen molar-refractivity contribution >= 4 is 11.9 Å². The molecule has 0 aliphatic carbocycles. The zero-order valence-corrected chi connectivity index (χ0v) is 15.5. The number of alkyl halides is 1. The Morgan fingerprint density at radius 3 is 2.50 bits per heavy atom. The Morgan fingerprint density at radius 1 is 1.18 bits per heavy atom. The molecule has 3 rings (SSSR count). The van der Waals surface area contributed by atoms with Gasteiger partial charge in [0.1, 0.15) is 18.2 Å². The molecule has 0 bridgehead atoms. The molecular formula is C21H21F2NO4. The lowest BCUT2D eigenvalue weighted by molar-refractivity contribution is -0.144. The van der Waals surface area contributed by atoms with Gasteiger partial charge in [0.15, 0.2) is 6.10 Å². The zero-order valence-electron chi connectivity index (χ0n) is 15.5. The third-order valence-electron chi connectivity index (χ3n) is 4.75. The van der Waals surface area contributed by atoms with E-state index in [1.54, 1.807) is 11.0 Å². The molecule has 0 radical (unpaired) electrons. The highest BCUT2D eigenvalue weighted by molar-refractivity contribution is 5.95. The molecule has 1 saturated heterocycles. The van der Waals surface area contributed by atoms with Crippen molar-refractivity contribution in [1.29, 1.82) is 0 Å². The number of aliphatic carboxylic acids is 1. The lowest BCUT2D eigenvalue weighted by Crippen LogP contribution is -2.28. The smallest absolute Gasteiger partial charge is 0.344 e. The summed E-state index contributed by atoms with van der Waals surface area (Å²) in [6, 6.07) is 8.58. The first-order chi connectivity index (χ1) is 13.4. The summed E-state index contributed by atoms with van der Waals surface area (Å²) in [6.45, 7) is 1.87. The maximum atomic E-state index is 14.7. The van der Waals surface area contributed by atoms with Crippen LogP contribution in [0.5, 0.6) is 5.75 Å². The van der Waals surface area contributed by atoms with Gasteiger partial charge in [-0.2, -0.15) is 0 Å². The summed E-state index contributed by atoms with van der Waals surface area (Å²) in [6.07, 6.45) is 0.684. The van der Waals surface area contributed by atoms with Gasteiger partial charge < -0.3 is 14.7 Å². The van der Waals surface area contributed by atoms with Gasteiger partial charge in [0.05, 0.1) is 5.56 Å². The van der Waals surface area contributed by atoms with E-state index in [9.17, 15) is 18.4 Å². The third-order valence-corrected chi connectivity index (χ3v) is 4.75. The van der Waals surface area contributed by atoms with Crippen LogP contribution in [0.1, 0.15) is 35.7 Å². The van der Waals surface area contributed by atoms with Crippen molar-refractivity contribution in [3.8, 4) is 16.9 Å². The van der Waals surface area contributed by atoms with Gasteiger partial charge in [0.25, 0.3) is 5.91 Å².